The van der Waals surface area contributed by atoms with Gasteiger partial charge in [-0.25, -0.2) is 0 Å². The molecule has 0 aliphatic rings. The summed E-state index contributed by atoms with van der Waals surface area (Å²) in [4.78, 5) is 7.91. The highest BCUT2D eigenvalue weighted by atomic mass is 16.5. The predicted octanol–water partition coefficient (Wildman–Crippen LogP) is 2.21. The van der Waals surface area contributed by atoms with Gasteiger partial charge in [-0.2, -0.15) is 9.97 Å². The molecule has 94 valence electrons. The van der Waals surface area contributed by atoms with Crippen molar-refractivity contribution in [1.82, 2.24) is 9.97 Å². The molecule has 0 spiro atoms. The molecule has 18 heavy (non-hydrogen) atoms. The van der Waals surface area contributed by atoms with Crippen molar-refractivity contribution >= 4 is 5.69 Å². The Balaban J connectivity index is 2.19. The lowest BCUT2D eigenvalue weighted by atomic mass is 10.1. The monoisotopic (exact) mass is 245 g/mol. The summed E-state index contributed by atoms with van der Waals surface area (Å²) in [7, 11) is 1.50. The maximum Gasteiger partial charge on any atom is 0.244 e. The van der Waals surface area contributed by atoms with Crippen molar-refractivity contribution in [2.75, 3.05) is 12.8 Å². The van der Waals surface area contributed by atoms with Gasteiger partial charge in [0, 0.05) is 0 Å². The van der Waals surface area contributed by atoms with Gasteiger partial charge < -0.3 is 15.2 Å². The van der Waals surface area contributed by atoms with E-state index in [0.717, 1.165) is 5.56 Å². The van der Waals surface area contributed by atoms with Gasteiger partial charge in [0.05, 0.1) is 7.11 Å². The number of aromatic nitrogens is 2. The number of methoxy groups -OCH3 is 1. The number of nitrogen functional groups attached to an aromatic ring is 1. The SMILES string of the molecule is COc1ncnc(OC(C)c2ccccc2)c1N. The van der Waals surface area contributed by atoms with Crippen molar-refractivity contribution < 1.29 is 9.47 Å². The van der Waals surface area contributed by atoms with Crippen molar-refractivity contribution in [3.8, 4) is 11.8 Å². The third-order valence-electron chi connectivity index (χ3n) is 2.56. The van der Waals surface area contributed by atoms with Gasteiger partial charge in [0.1, 0.15) is 12.4 Å². The molecular formula is C13H15N3O2. The van der Waals surface area contributed by atoms with Crippen LogP contribution in [0, 0.1) is 0 Å². The summed E-state index contributed by atoms with van der Waals surface area (Å²) >= 11 is 0. The number of benzene rings is 1. The number of ether oxygens (including phenoxy) is 2. The predicted molar refractivity (Wildman–Crippen MR) is 68.5 cm³/mol. The van der Waals surface area contributed by atoms with Gasteiger partial charge >= 0.3 is 0 Å². The van der Waals surface area contributed by atoms with Gasteiger partial charge in [-0.15, -0.1) is 0 Å². The molecule has 1 unspecified atom stereocenters. The van der Waals surface area contributed by atoms with Crippen LogP contribution in [0.2, 0.25) is 0 Å². The zero-order valence-electron chi connectivity index (χ0n) is 10.3. The molecule has 2 rings (SSSR count). The summed E-state index contributed by atoms with van der Waals surface area (Å²) in [6, 6.07) is 9.84. The molecular weight excluding hydrogens is 230 g/mol. The zero-order chi connectivity index (χ0) is 13.0. The van der Waals surface area contributed by atoms with Crippen LogP contribution in [0.25, 0.3) is 0 Å². The van der Waals surface area contributed by atoms with Crippen LogP contribution >= 0.6 is 0 Å². The zero-order valence-corrected chi connectivity index (χ0v) is 10.3. The maximum atomic E-state index is 5.85. The van der Waals surface area contributed by atoms with Crippen LogP contribution in [0.4, 0.5) is 5.69 Å². The summed E-state index contributed by atoms with van der Waals surface area (Å²) < 4.78 is 10.7. The topological polar surface area (TPSA) is 70.3 Å². The molecule has 0 amide bonds. The molecule has 0 aliphatic carbocycles. The molecule has 0 fully saturated rings. The van der Waals surface area contributed by atoms with E-state index in [1.165, 1.54) is 13.4 Å². The van der Waals surface area contributed by atoms with E-state index in [4.69, 9.17) is 15.2 Å². The second-order valence-corrected chi connectivity index (χ2v) is 3.77. The van der Waals surface area contributed by atoms with Gasteiger partial charge in [-0.3, -0.25) is 0 Å². The molecule has 2 N–H and O–H groups in total. The molecule has 5 heteroatoms. The van der Waals surface area contributed by atoms with E-state index in [2.05, 4.69) is 9.97 Å². The first-order valence-corrected chi connectivity index (χ1v) is 5.58. The second-order valence-electron chi connectivity index (χ2n) is 3.77. The average Bonchev–Trinajstić information content (AvgIpc) is 2.42. The number of hydrogen-bond acceptors (Lipinski definition) is 5. The highest BCUT2D eigenvalue weighted by Gasteiger charge is 2.13. The van der Waals surface area contributed by atoms with Gasteiger partial charge in [-0.05, 0) is 12.5 Å². The van der Waals surface area contributed by atoms with Gasteiger partial charge in [0.2, 0.25) is 11.8 Å². The Kier molecular flexibility index (Phi) is 3.62. The highest BCUT2D eigenvalue weighted by Crippen LogP contribution is 2.29. The summed E-state index contributed by atoms with van der Waals surface area (Å²) in [5.74, 6) is 0.651. The first kappa shape index (κ1) is 12.2. The van der Waals surface area contributed by atoms with Crippen LogP contribution in [0.5, 0.6) is 11.8 Å². The van der Waals surface area contributed by atoms with E-state index in [1.54, 1.807) is 0 Å². The Labute approximate surface area is 106 Å². The lowest BCUT2D eigenvalue weighted by Crippen LogP contribution is -2.07. The quantitative estimate of drug-likeness (QED) is 0.894. The van der Waals surface area contributed by atoms with Gasteiger partial charge in [-0.1, -0.05) is 30.3 Å². The lowest BCUT2D eigenvalue weighted by Gasteiger charge is -2.15. The van der Waals surface area contributed by atoms with Crippen molar-refractivity contribution in [2.45, 2.75) is 13.0 Å². The molecule has 1 heterocycles. The molecule has 1 aromatic carbocycles. The van der Waals surface area contributed by atoms with E-state index in [9.17, 15) is 0 Å². The third kappa shape index (κ3) is 2.51. The Morgan fingerprint density at radius 3 is 2.44 bits per heavy atom. The normalized spacial score (nSPS) is 11.9. The van der Waals surface area contributed by atoms with Crippen molar-refractivity contribution in [3.05, 3.63) is 42.2 Å². The molecule has 5 nitrogen and oxygen atoms in total. The Morgan fingerprint density at radius 1 is 1.11 bits per heavy atom. The van der Waals surface area contributed by atoms with Gasteiger partial charge in [0.25, 0.3) is 0 Å². The van der Waals surface area contributed by atoms with Crippen LogP contribution in [-0.2, 0) is 0 Å². The number of anilines is 1. The first-order chi connectivity index (χ1) is 8.72. The minimum Gasteiger partial charge on any atom is -0.479 e. The molecule has 1 aromatic heterocycles. The van der Waals surface area contributed by atoms with Crippen LogP contribution in [0.3, 0.4) is 0 Å². The largest absolute Gasteiger partial charge is 0.479 e. The molecule has 0 radical (unpaired) electrons. The molecule has 2 aromatic rings. The minimum atomic E-state index is -0.145. The fourth-order valence-electron chi connectivity index (χ4n) is 1.58. The maximum absolute atomic E-state index is 5.85. The fourth-order valence-corrected chi connectivity index (χ4v) is 1.58. The van der Waals surface area contributed by atoms with E-state index in [-0.39, 0.29) is 6.10 Å². The average molecular weight is 245 g/mol. The van der Waals surface area contributed by atoms with Crippen LogP contribution in [0.1, 0.15) is 18.6 Å². The van der Waals surface area contributed by atoms with Crippen LogP contribution in [-0.4, -0.2) is 17.1 Å². The third-order valence-corrected chi connectivity index (χ3v) is 2.56. The summed E-state index contributed by atoms with van der Waals surface area (Å²) in [5, 5.41) is 0. The molecule has 0 saturated carbocycles. The Bertz CT molecular complexity index is 517. The Morgan fingerprint density at radius 2 is 1.78 bits per heavy atom. The fraction of sp³-hybridized carbons (Fsp3) is 0.231. The second kappa shape index (κ2) is 5.35. The smallest absolute Gasteiger partial charge is 0.244 e. The van der Waals surface area contributed by atoms with Crippen molar-refractivity contribution in [2.24, 2.45) is 0 Å². The van der Waals surface area contributed by atoms with Crippen molar-refractivity contribution in [1.29, 1.82) is 0 Å². The van der Waals surface area contributed by atoms with Crippen LogP contribution in [0.15, 0.2) is 36.7 Å². The van der Waals surface area contributed by atoms with E-state index >= 15 is 0 Å². The summed E-state index contributed by atoms with van der Waals surface area (Å²) in [6.07, 6.45) is 1.22. The number of rotatable bonds is 4. The van der Waals surface area contributed by atoms with E-state index in [1.807, 2.05) is 37.3 Å². The molecule has 1 atom stereocenters. The molecule has 0 bridgehead atoms. The Hall–Kier alpha value is -2.30. The lowest BCUT2D eigenvalue weighted by molar-refractivity contribution is 0.217. The first-order valence-electron chi connectivity index (χ1n) is 5.58. The highest BCUT2D eigenvalue weighted by molar-refractivity contribution is 5.55. The van der Waals surface area contributed by atoms with Crippen molar-refractivity contribution in [3.63, 3.8) is 0 Å². The number of nitrogens with two attached hydrogens (primary N) is 1. The molecule has 0 aliphatic heterocycles. The van der Waals surface area contributed by atoms with E-state index in [0.29, 0.717) is 17.4 Å². The van der Waals surface area contributed by atoms with Gasteiger partial charge in [0.15, 0.2) is 5.69 Å². The number of nitrogens with zero attached hydrogens (tertiary/aromatic N) is 2. The molecule has 0 saturated heterocycles. The van der Waals surface area contributed by atoms with E-state index < -0.39 is 0 Å². The summed E-state index contributed by atoms with van der Waals surface area (Å²) in [6.45, 7) is 1.93. The van der Waals surface area contributed by atoms with Crippen LogP contribution < -0.4 is 15.2 Å². The summed E-state index contributed by atoms with van der Waals surface area (Å²) in [5.41, 5.74) is 7.20. The minimum absolute atomic E-state index is 0.145. The number of hydrogen-bond donors (Lipinski definition) is 1. The standard InChI is InChI=1S/C13H15N3O2/c1-9(10-6-4-3-5-7-10)18-13-11(14)12(17-2)15-8-16-13/h3-9H,14H2,1-2H3.